The Morgan fingerprint density at radius 3 is 2.82 bits per heavy atom. The molecule has 0 heterocycles. The first-order valence-corrected chi connectivity index (χ1v) is 5.91. The summed E-state index contributed by atoms with van der Waals surface area (Å²) in [5.41, 5.74) is 0.119. The second kappa shape index (κ2) is 7.69. The van der Waals surface area contributed by atoms with Crippen molar-refractivity contribution in [1.82, 2.24) is 10.6 Å². The maximum atomic E-state index is 11.6. The van der Waals surface area contributed by atoms with Gasteiger partial charge >= 0.3 is 0 Å². The van der Waals surface area contributed by atoms with Gasteiger partial charge in [0.15, 0.2) is 0 Å². The second-order valence-corrected chi connectivity index (χ2v) is 4.07. The molecule has 0 radical (unpaired) electrons. The van der Waals surface area contributed by atoms with Crippen LogP contribution in [-0.4, -0.2) is 32.2 Å². The summed E-state index contributed by atoms with van der Waals surface area (Å²) in [6, 6.07) is 2.31. The predicted octanol–water partition coefficient (Wildman–Crippen LogP) is 0.689. The monoisotopic (exact) mass is 237 g/mol. The van der Waals surface area contributed by atoms with Crippen LogP contribution in [0.2, 0.25) is 0 Å². The quantitative estimate of drug-likeness (QED) is 0.405. The van der Waals surface area contributed by atoms with E-state index in [0.717, 1.165) is 12.8 Å². The van der Waals surface area contributed by atoms with Crippen LogP contribution in [0.5, 0.6) is 0 Å². The molecule has 17 heavy (non-hydrogen) atoms. The van der Waals surface area contributed by atoms with Gasteiger partial charge in [-0.15, -0.1) is 0 Å². The van der Waals surface area contributed by atoms with Gasteiger partial charge in [-0.3, -0.25) is 4.79 Å². The predicted molar refractivity (Wildman–Crippen MR) is 64.0 cm³/mol. The lowest BCUT2D eigenvalue weighted by atomic mass is 10.2. The van der Waals surface area contributed by atoms with Gasteiger partial charge in [-0.25, -0.2) is 0 Å². The summed E-state index contributed by atoms with van der Waals surface area (Å²) in [7, 11) is 1.56. The Hall–Kier alpha value is -1.54. The van der Waals surface area contributed by atoms with E-state index < -0.39 is 0 Å². The summed E-state index contributed by atoms with van der Waals surface area (Å²) in [4.78, 5) is 11.6. The highest BCUT2D eigenvalue weighted by Crippen LogP contribution is 2.17. The summed E-state index contributed by atoms with van der Waals surface area (Å²) in [6.45, 7) is 0.859. The molecular weight excluding hydrogens is 218 g/mol. The average molecular weight is 237 g/mol. The molecule has 0 saturated heterocycles. The number of nitrogens with zero attached hydrogens (tertiary/aromatic N) is 1. The van der Waals surface area contributed by atoms with Gasteiger partial charge in [0.05, 0.1) is 6.61 Å². The van der Waals surface area contributed by atoms with Gasteiger partial charge in [-0.1, -0.05) is 12.8 Å². The molecule has 0 atom stereocenters. The molecule has 5 nitrogen and oxygen atoms in total. The number of hydrogen-bond donors (Lipinski definition) is 2. The van der Waals surface area contributed by atoms with Crippen LogP contribution < -0.4 is 10.6 Å². The third-order valence-corrected chi connectivity index (χ3v) is 2.78. The fourth-order valence-corrected chi connectivity index (χ4v) is 1.80. The van der Waals surface area contributed by atoms with Crippen LogP contribution in [0.3, 0.4) is 0 Å². The number of hydrogen-bond acceptors (Lipinski definition) is 4. The van der Waals surface area contributed by atoms with E-state index in [1.54, 1.807) is 7.11 Å². The van der Waals surface area contributed by atoms with Crippen LogP contribution in [0, 0.1) is 11.3 Å². The maximum Gasteiger partial charge on any atom is 0.263 e. The SMILES string of the molecule is COCCNC(=O)/C(C#N)=C\NC1CCCC1. The molecule has 0 unspecified atom stereocenters. The Kier molecular flexibility index (Phi) is 6.12. The van der Waals surface area contributed by atoms with Crippen molar-refractivity contribution >= 4 is 5.91 Å². The Balaban J connectivity index is 2.37. The number of nitriles is 1. The van der Waals surface area contributed by atoms with Gasteiger partial charge < -0.3 is 15.4 Å². The summed E-state index contributed by atoms with van der Waals surface area (Å²) in [6.07, 6.45) is 6.18. The van der Waals surface area contributed by atoms with Gasteiger partial charge in [0, 0.05) is 25.9 Å². The number of carbonyl (C=O) groups is 1. The van der Waals surface area contributed by atoms with Crippen LogP contribution in [0.4, 0.5) is 0 Å². The van der Waals surface area contributed by atoms with E-state index in [1.807, 2.05) is 6.07 Å². The first kappa shape index (κ1) is 13.5. The number of amides is 1. The lowest BCUT2D eigenvalue weighted by molar-refractivity contribution is -0.117. The average Bonchev–Trinajstić information content (AvgIpc) is 2.83. The van der Waals surface area contributed by atoms with Crippen LogP contribution in [-0.2, 0) is 9.53 Å². The second-order valence-electron chi connectivity index (χ2n) is 4.07. The largest absolute Gasteiger partial charge is 0.387 e. The minimum absolute atomic E-state index is 0.119. The molecule has 0 spiro atoms. The fourth-order valence-electron chi connectivity index (χ4n) is 1.80. The number of methoxy groups -OCH3 is 1. The summed E-state index contributed by atoms with van der Waals surface area (Å²) < 4.78 is 4.81. The maximum absolute atomic E-state index is 11.6. The van der Waals surface area contributed by atoms with Crippen molar-refractivity contribution in [2.24, 2.45) is 0 Å². The molecule has 5 heteroatoms. The van der Waals surface area contributed by atoms with Crippen molar-refractivity contribution in [1.29, 1.82) is 5.26 Å². The topological polar surface area (TPSA) is 74.1 Å². The smallest absolute Gasteiger partial charge is 0.263 e. The van der Waals surface area contributed by atoms with Gasteiger partial charge in [0.2, 0.25) is 0 Å². The van der Waals surface area contributed by atoms with Crippen molar-refractivity contribution in [3.8, 4) is 6.07 Å². The number of carbonyl (C=O) groups excluding carboxylic acids is 1. The molecule has 1 aliphatic carbocycles. The van der Waals surface area contributed by atoms with Gasteiger partial charge in [-0.2, -0.15) is 5.26 Å². The van der Waals surface area contributed by atoms with E-state index in [9.17, 15) is 4.79 Å². The van der Waals surface area contributed by atoms with E-state index >= 15 is 0 Å². The summed E-state index contributed by atoms with van der Waals surface area (Å²) in [5, 5.41) is 14.6. The highest BCUT2D eigenvalue weighted by molar-refractivity contribution is 5.97. The molecule has 0 aromatic rings. The summed E-state index contributed by atoms with van der Waals surface area (Å²) in [5.74, 6) is -0.352. The van der Waals surface area contributed by atoms with Crippen molar-refractivity contribution < 1.29 is 9.53 Å². The molecule has 1 aliphatic rings. The van der Waals surface area contributed by atoms with Gasteiger partial charge in [0.1, 0.15) is 11.6 Å². The van der Waals surface area contributed by atoms with E-state index in [-0.39, 0.29) is 11.5 Å². The minimum atomic E-state index is -0.352. The van der Waals surface area contributed by atoms with Crippen molar-refractivity contribution in [3.05, 3.63) is 11.8 Å². The molecule has 1 saturated carbocycles. The summed E-state index contributed by atoms with van der Waals surface area (Å²) >= 11 is 0. The zero-order valence-corrected chi connectivity index (χ0v) is 10.2. The molecule has 0 aromatic carbocycles. The normalized spacial score (nSPS) is 16.6. The highest BCUT2D eigenvalue weighted by atomic mass is 16.5. The van der Waals surface area contributed by atoms with Gasteiger partial charge in [0.25, 0.3) is 5.91 Å². The van der Waals surface area contributed by atoms with Crippen molar-refractivity contribution in [2.45, 2.75) is 31.7 Å². The Bertz CT molecular complexity index is 314. The highest BCUT2D eigenvalue weighted by Gasteiger charge is 2.14. The molecule has 0 bridgehead atoms. The molecular formula is C12H19N3O2. The first-order valence-electron chi connectivity index (χ1n) is 5.91. The molecule has 0 aromatic heterocycles. The Morgan fingerprint density at radius 1 is 1.53 bits per heavy atom. The molecule has 94 valence electrons. The van der Waals surface area contributed by atoms with Gasteiger partial charge in [-0.05, 0) is 12.8 Å². The first-order chi connectivity index (χ1) is 8.27. The van der Waals surface area contributed by atoms with Crippen LogP contribution in [0.25, 0.3) is 0 Å². The Morgan fingerprint density at radius 2 is 2.24 bits per heavy atom. The molecule has 0 aliphatic heterocycles. The van der Waals surface area contributed by atoms with Crippen molar-refractivity contribution in [3.63, 3.8) is 0 Å². The Labute approximate surface area is 102 Å². The lowest BCUT2D eigenvalue weighted by Gasteiger charge is -2.09. The van der Waals surface area contributed by atoms with E-state index in [2.05, 4.69) is 10.6 Å². The zero-order chi connectivity index (χ0) is 12.5. The third-order valence-electron chi connectivity index (χ3n) is 2.78. The molecule has 1 fully saturated rings. The van der Waals surface area contributed by atoms with E-state index in [1.165, 1.54) is 19.0 Å². The molecule has 1 amide bonds. The molecule has 2 N–H and O–H groups in total. The lowest BCUT2D eigenvalue weighted by Crippen LogP contribution is -2.29. The zero-order valence-electron chi connectivity index (χ0n) is 10.2. The van der Waals surface area contributed by atoms with Crippen molar-refractivity contribution in [2.75, 3.05) is 20.3 Å². The standard InChI is InChI=1S/C12H19N3O2/c1-17-7-6-14-12(16)10(8-13)9-15-11-4-2-3-5-11/h9,11,15H,2-7H2,1H3,(H,14,16)/b10-9-. The number of rotatable bonds is 6. The minimum Gasteiger partial charge on any atom is -0.387 e. The van der Waals surface area contributed by atoms with E-state index in [4.69, 9.17) is 10.00 Å². The number of nitrogens with one attached hydrogen (secondary N) is 2. The van der Waals surface area contributed by atoms with E-state index in [0.29, 0.717) is 19.2 Å². The van der Waals surface area contributed by atoms with Crippen LogP contribution >= 0.6 is 0 Å². The fraction of sp³-hybridized carbons (Fsp3) is 0.667. The number of ether oxygens (including phenoxy) is 1. The van der Waals surface area contributed by atoms with Crippen LogP contribution in [0.1, 0.15) is 25.7 Å². The molecule has 1 rings (SSSR count). The third kappa shape index (κ3) is 4.87. The van der Waals surface area contributed by atoms with Crippen LogP contribution in [0.15, 0.2) is 11.8 Å².